The van der Waals surface area contributed by atoms with Gasteiger partial charge in [-0.3, -0.25) is 14.5 Å². The summed E-state index contributed by atoms with van der Waals surface area (Å²) in [6, 6.07) is 4.23. The van der Waals surface area contributed by atoms with Gasteiger partial charge in [-0.05, 0) is 31.0 Å². The van der Waals surface area contributed by atoms with Crippen molar-refractivity contribution < 1.29 is 18.7 Å². The quantitative estimate of drug-likeness (QED) is 0.772. The minimum Gasteiger partial charge on any atom is -0.496 e. The first kappa shape index (κ1) is 20.6. The predicted octanol–water partition coefficient (Wildman–Crippen LogP) is 2.13. The van der Waals surface area contributed by atoms with E-state index in [1.807, 2.05) is 18.7 Å². The summed E-state index contributed by atoms with van der Waals surface area (Å²) in [5.41, 5.74) is 0.812. The summed E-state index contributed by atoms with van der Waals surface area (Å²) in [7, 11) is 1.58. The molecule has 0 aliphatic carbocycles. The smallest absolute Gasteiger partial charge is 0.245 e. The lowest BCUT2D eigenvalue weighted by Crippen LogP contribution is -2.54. The first-order valence-corrected chi connectivity index (χ1v) is 10.0. The first-order chi connectivity index (χ1) is 13.4. The molecule has 0 saturated carbocycles. The van der Waals surface area contributed by atoms with E-state index in [9.17, 15) is 14.0 Å². The summed E-state index contributed by atoms with van der Waals surface area (Å²) in [6.07, 6.45) is 1.63. The summed E-state index contributed by atoms with van der Waals surface area (Å²) in [4.78, 5) is 31.2. The number of halogens is 1. The Kier molecular flexibility index (Phi) is 6.54. The van der Waals surface area contributed by atoms with Crippen LogP contribution in [0.2, 0.25) is 0 Å². The van der Waals surface area contributed by atoms with Crippen LogP contribution in [0.25, 0.3) is 0 Å². The number of benzene rings is 1. The number of carbonyl (C=O) groups is 2. The monoisotopic (exact) mass is 391 g/mol. The zero-order valence-corrected chi connectivity index (χ0v) is 17.0. The van der Waals surface area contributed by atoms with E-state index in [0.717, 1.165) is 31.5 Å². The summed E-state index contributed by atoms with van der Waals surface area (Å²) in [6.45, 7) is 7.69. The van der Waals surface area contributed by atoms with Gasteiger partial charge in [0.25, 0.3) is 0 Å². The summed E-state index contributed by atoms with van der Waals surface area (Å²) < 4.78 is 18.9. The van der Waals surface area contributed by atoms with E-state index in [-0.39, 0.29) is 29.6 Å². The average Bonchev–Trinajstić information content (AvgIpc) is 3.17. The third-order valence-electron chi connectivity index (χ3n) is 5.64. The third kappa shape index (κ3) is 4.46. The molecule has 2 amide bonds. The van der Waals surface area contributed by atoms with Crippen molar-refractivity contribution >= 4 is 11.8 Å². The SMILES string of the molecule is COc1ccc(F)cc1CN1CCN(C(=O)C2CCCN2C(=O)C(C)C)CC1. The van der Waals surface area contributed by atoms with Crippen LogP contribution in [0.3, 0.4) is 0 Å². The molecule has 2 aliphatic rings. The molecule has 2 saturated heterocycles. The maximum absolute atomic E-state index is 13.6. The van der Waals surface area contributed by atoms with Crippen LogP contribution in [0.4, 0.5) is 4.39 Å². The largest absolute Gasteiger partial charge is 0.496 e. The Morgan fingerprint density at radius 2 is 1.89 bits per heavy atom. The maximum Gasteiger partial charge on any atom is 0.245 e. The topological polar surface area (TPSA) is 53.1 Å². The normalized spacial score (nSPS) is 20.7. The van der Waals surface area contributed by atoms with Gasteiger partial charge in [0.2, 0.25) is 11.8 Å². The number of methoxy groups -OCH3 is 1. The number of hydrogen-bond acceptors (Lipinski definition) is 4. The molecule has 7 heteroatoms. The lowest BCUT2D eigenvalue weighted by Gasteiger charge is -2.37. The van der Waals surface area contributed by atoms with Crippen LogP contribution in [0.15, 0.2) is 18.2 Å². The highest BCUT2D eigenvalue weighted by atomic mass is 19.1. The Balaban J connectivity index is 1.57. The molecule has 0 N–H and O–H groups in total. The van der Waals surface area contributed by atoms with Gasteiger partial charge in [0.15, 0.2) is 0 Å². The summed E-state index contributed by atoms with van der Waals surface area (Å²) in [5.74, 6) is 0.433. The molecule has 2 aliphatic heterocycles. The van der Waals surface area contributed by atoms with Crippen molar-refractivity contribution in [1.29, 1.82) is 0 Å². The fourth-order valence-electron chi connectivity index (χ4n) is 4.07. The van der Waals surface area contributed by atoms with Crippen LogP contribution in [-0.2, 0) is 16.1 Å². The molecule has 6 nitrogen and oxygen atoms in total. The van der Waals surface area contributed by atoms with Gasteiger partial charge in [-0.15, -0.1) is 0 Å². The van der Waals surface area contributed by atoms with Crippen molar-refractivity contribution in [3.8, 4) is 5.75 Å². The Hall–Kier alpha value is -2.15. The zero-order valence-electron chi connectivity index (χ0n) is 17.0. The highest BCUT2D eigenvalue weighted by Crippen LogP contribution is 2.24. The van der Waals surface area contributed by atoms with Gasteiger partial charge in [0, 0.05) is 50.7 Å². The maximum atomic E-state index is 13.6. The van der Waals surface area contributed by atoms with Gasteiger partial charge in [-0.1, -0.05) is 13.8 Å². The van der Waals surface area contributed by atoms with E-state index in [0.29, 0.717) is 31.9 Å². The first-order valence-electron chi connectivity index (χ1n) is 10.0. The fraction of sp³-hybridized carbons (Fsp3) is 0.619. The van der Waals surface area contributed by atoms with E-state index in [4.69, 9.17) is 4.74 Å². The Labute approximate surface area is 166 Å². The average molecular weight is 391 g/mol. The number of hydrogen-bond donors (Lipinski definition) is 0. The molecule has 3 rings (SSSR count). The molecule has 0 bridgehead atoms. The highest BCUT2D eigenvalue weighted by Gasteiger charge is 2.37. The van der Waals surface area contributed by atoms with Crippen LogP contribution in [0, 0.1) is 11.7 Å². The van der Waals surface area contributed by atoms with Crippen molar-refractivity contribution in [2.45, 2.75) is 39.3 Å². The van der Waals surface area contributed by atoms with Gasteiger partial charge in [-0.25, -0.2) is 4.39 Å². The Morgan fingerprint density at radius 3 is 2.54 bits per heavy atom. The second kappa shape index (κ2) is 8.90. The molecule has 1 unspecified atom stereocenters. The molecular formula is C21H30FN3O3. The molecule has 0 radical (unpaired) electrons. The predicted molar refractivity (Wildman–Crippen MR) is 104 cm³/mol. The van der Waals surface area contributed by atoms with Crippen LogP contribution < -0.4 is 4.74 Å². The molecule has 1 aromatic rings. The summed E-state index contributed by atoms with van der Waals surface area (Å²) in [5, 5.41) is 0. The minimum absolute atomic E-state index is 0.0627. The highest BCUT2D eigenvalue weighted by molar-refractivity contribution is 5.89. The van der Waals surface area contributed by atoms with E-state index in [1.54, 1.807) is 18.1 Å². The van der Waals surface area contributed by atoms with E-state index >= 15 is 0 Å². The van der Waals surface area contributed by atoms with E-state index in [2.05, 4.69) is 4.90 Å². The van der Waals surface area contributed by atoms with Gasteiger partial charge >= 0.3 is 0 Å². The lowest BCUT2D eigenvalue weighted by molar-refractivity contribution is -0.146. The number of carbonyl (C=O) groups excluding carboxylic acids is 2. The van der Waals surface area contributed by atoms with Gasteiger partial charge < -0.3 is 14.5 Å². The van der Waals surface area contributed by atoms with Gasteiger partial charge in [0.05, 0.1) is 7.11 Å². The zero-order chi connectivity index (χ0) is 20.3. The number of ether oxygens (including phenoxy) is 1. The molecule has 154 valence electrons. The lowest BCUT2D eigenvalue weighted by atomic mass is 10.1. The van der Waals surface area contributed by atoms with Crippen molar-refractivity contribution in [2.24, 2.45) is 5.92 Å². The van der Waals surface area contributed by atoms with Crippen molar-refractivity contribution in [3.63, 3.8) is 0 Å². The summed E-state index contributed by atoms with van der Waals surface area (Å²) >= 11 is 0. The number of piperazine rings is 1. The van der Waals surface area contributed by atoms with Crippen molar-refractivity contribution in [2.75, 3.05) is 39.8 Å². The van der Waals surface area contributed by atoms with Crippen molar-refractivity contribution in [3.05, 3.63) is 29.6 Å². The Morgan fingerprint density at radius 1 is 1.18 bits per heavy atom. The number of amides is 2. The molecule has 28 heavy (non-hydrogen) atoms. The van der Waals surface area contributed by atoms with Gasteiger partial charge in [0.1, 0.15) is 17.6 Å². The molecule has 1 atom stereocenters. The van der Waals surface area contributed by atoms with Crippen LogP contribution in [-0.4, -0.2) is 72.4 Å². The fourth-order valence-corrected chi connectivity index (χ4v) is 4.07. The molecule has 2 heterocycles. The second-order valence-electron chi connectivity index (χ2n) is 7.90. The Bertz CT molecular complexity index is 717. The number of nitrogens with zero attached hydrogens (tertiary/aromatic N) is 3. The van der Waals surface area contributed by atoms with Crippen LogP contribution >= 0.6 is 0 Å². The van der Waals surface area contributed by atoms with E-state index < -0.39 is 0 Å². The molecule has 0 aromatic heterocycles. The van der Waals surface area contributed by atoms with E-state index in [1.165, 1.54) is 12.1 Å². The molecular weight excluding hydrogens is 361 g/mol. The van der Waals surface area contributed by atoms with Crippen molar-refractivity contribution in [1.82, 2.24) is 14.7 Å². The number of rotatable bonds is 5. The van der Waals surface area contributed by atoms with Crippen LogP contribution in [0.1, 0.15) is 32.3 Å². The molecule has 1 aromatic carbocycles. The van der Waals surface area contributed by atoms with Gasteiger partial charge in [-0.2, -0.15) is 0 Å². The standard InChI is InChI=1S/C21H30FN3O3/c1-15(2)20(26)25-8-4-5-18(25)21(27)24-11-9-23(10-12-24)14-16-13-17(22)6-7-19(16)28-3/h6-7,13,15,18H,4-5,8-12,14H2,1-3H3. The molecule has 0 spiro atoms. The third-order valence-corrected chi connectivity index (χ3v) is 5.64. The minimum atomic E-state index is -0.315. The second-order valence-corrected chi connectivity index (χ2v) is 7.90. The van der Waals surface area contributed by atoms with Crippen LogP contribution in [0.5, 0.6) is 5.75 Å². The molecule has 2 fully saturated rings. The number of likely N-dealkylation sites (tertiary alicyclic amines) is 1.